The number of pyridine rings is 1. The zero-order chi connectivity index (χ0) is 14.2. The molecule has 0 saturated carbocycles. The minimum Gasteiger partial charge on any atom is -0.493 e. The predicted molar refractivity (Wildman–Crippen MR) is 81.0 cm³/mol. The second kappa shape index (κ2) is 5.13. The standard InChI is InChI=1S/C17H19N3O/c18-20-17(13-4-6-15-12(10-13)7-9-21-15)14-5-3-11-2-1-8-19-16(11)14/h1-2,4,6,8,10,14,17,20H,3,5,7,9,18H2. The van der Waals surface area contributed by atoms with Crippen molar-refractivity contribution in [2.24, 2.45) is 5.84 Å². The average Bonchev–Trinajstić information content (AvgIpc) is 3.15. The van der Waals surface area contributed by atoms with Gasteiger partial charge < -0.3 is 4.74 Å². The van der Waals surface area contributed by atoms with Crippen LogP contribution in [0.15, 0.2) is 36.5 Å². The largest absolute Gasteiger partial charge is 0.493 e. The minimum absolute atomic E-state index is 0.104. The zero-order valence-electron chi connectivity index (χ0n) is 11.9. The number of benzene rings is 1. The van der Waals surface area contributed by atoms with E-state index in [9.17, 15) is 0 Å². The molecule has 108 valence electrons. The summed E-state index contributed by atoms with van der Waals surface area (Å²) < 4.78 is 5.58. The first-order valence-corrected chi connectivity index (χ1v) is 7.52. The van der Waals surface area contributed by atoms with E-state index in [1.165, 1.54) is 22.4 Å². The van der Waals surface area contributed by atoms with Crippen LogP contribution in [0.3, 0.4) is 0 Å². The lowest BCUT2D eigenvalue weighted by atomic mass is 9.90. The third-order valence-corrected chi connectivity index (χ3v) is 4.66. The number of rotatable bonds is 3. The molecule has 4 heteroatoms. The number of aromatic nitrogens is 1. The second-order valence-electron chi connectivity index (χ2n) is 5.80. The molecule has 4 rings (SSSR count). The first-order valence-electron chi connectivity index (χ1n) is 7.52. The molecule has 0 spiro atoms. The molecule has 1 aromatic heterocycles. The van der Waals surface area contributed by atoms with E-state index in [1.807, 2.05) is 12.3 Å². The lowest BCUT2D eigenvalue weighted by molar-refractivity contribution is 0.356. The third kappa shape index (κ3) is 2.11. The minimum atomic E-state index is 0.104. The van der Waals surface area contributed by atoms with Gasteiger partial charge in [-0.25, -0.2) is 0 Å². The molecule has 0 bridgehead atoms. The van der Waals surface area contributed by atoms with Crippen LogP contribution in [0.5, 0.6) is 5.75 Å². The summed E-state index contributed by atoms with van der Waals surface area (Å²) in [5.74, 6) is 7.23. The molecule has 0 fully saturated rings. The van der Waals surface area contributed by atoms with E-state index in [2.05, 4.69) is 34.7 Å². The Hall–Kier alpha value is -1.91. The fourth-order valence-electron chi connectivity index (χ4n) is 3.61. The smallest absolute Gasteiger partial charge is 0.122 e. The number of nitrogens with one attached hydrogen (secondary N) is 1. The van der Waals surface area contributed by atoms with Crippen LogP contribution in [0.4, 0.5) is 0 Å². The Balaban J connectivity index is 1.70. The van der Waals surface area contributed by atoms with Crippen molar-refractivity contribution < 1.29 is 4.74 Å². The van der Waals surface area contributed by atoms with Gasteiger partial charge in [0.2, 0.25) is 0 Å². The van der Waals surface area contributed by atoms with Crippen LogP contribution in [-0.4, -0.2) is 11.6 Å². The Morgan fingerprint density at radius 3 is 3.10 bits per heavy atom. The van der Waals surface area contributed by atoms with Crippen molar-refractivity contribution in [2.45, 2.75) is 31.2 Å². The van der Waals surface area contributed by atoms with Gasteiger partial charge in [0, 0.05) is 24.2 Å². The van der Waals surface area contributed by atoms with E-state index < -0.39 is 0 Å². The molecular formula is C17H19N3O. The number of nitrogens with zero attached hydrogens (tertiary/aromatic N) is 1. The Morgan fingerprint density at radius 2 is 2.19 bits per heavy atom. The molecule has 2 unspecified atom stereocenters. The summed E-state index contributed by atoms with van der Waals surface area (Å²) in [7, 11) is 0. The van der Waals surface area contributed by atoms with Crippen molar-refractivity contribution in [2.75, 3.05) is 6.61 Å². The maximum absolute atomic E-state index is 5.88. The Kier molecular flexibility index (Phi) is 3.13. The Morgan fingerprint density at radius 1 is 1.24 bits per heavy atom. The van der Waals surface area contributed by atoms with Crippen molar-refractivity contribution in [3.8, 4) is 5.75 Å². The van der Waals surface area contributed by atoms with Crippen LogP contribution >= 0.6 is 0 Å². The van der Waals surface area contributed by atoms with Crippen LogP contribution in [0.1, 0.15) is 40.8 Å². The summed E-state index contributed by atoms with van der Waals surface area (Å²) in [5, 5.41) is 0. The highest BCUT2D eigenvalue weighted by molar-refractivity contribution is 5.42. The van der Waals surface area contributed by atoms with Crippen molar-refractivity contribution in [3.63, 3.8) is 0 Å². The lowest BCUT2D eigenvalue weighted by Gasteiger charge is -2.24. The maximum atomic E-state index is 5.88. The molecule has 2 atom stereocenters. The van der Waals surface area contributed by atoms with Crippen LogP contribution in [0, 0.1) is 0 Å². The van der Waals surface area contributed by atoms with Gasteiger partial charge in [-0.2, -0.15) is 0 Å². The number of hydrazine groups is 1. The second-order valence-corrected chi connectivity index (χ2v) is 5.80. The number of aryl methyl sites for hydroxylation is 1. The van der Waals surface area contributed by atoms with Crippen LogP contribution in [0.2, 0.25) is 0 Å². The fourth-order valence-corrected chi connectivity index (χ4v) is 3.61. The SMILES string of the molecule is NNC(c1ccc2c(c1)CCO2)C1CCc2cccnc21. The molecule has 0 radical (unpaired) electrons. The van der Waals surface area contributed by atoms with Crippen molar-refractivity contribution >= 4 is 0 Å². The summed E-state index contributed by atoms with van der Waals surface area (Å²) in [6.45, 7) is 0.785. The monoisotopic (exact) mass is 281 g/mol. The lowest BCUT2D eigenvalue weighted by Crippen LogP contribution is -2.32. The molecule has 1 aliphatic carbocycles. The molecule has 4 nitrogen and oxygen atoms in total. The molecule has 21 heavy (non-hydrogen) atoms. The van der Waals surface area contributed by atoms with E-state index in [1.54, 1.807) is 0 Å². The molecule has 2 aliphatic rings. The van der Waals surface area contributed by atoms with Gasteiger partial charge in [-0.1, -0.05) is 18.2 Å². The van der Waals surface area contributed by atoms with Gasteiger partial charge in [-0.3, -0.25) is 16.3 Å². The van der Waals surface area contributed by atoms with Gasteiger partial charge in [-0.05, 0) is 41.7 Å². The normalized spacial score (nSPS) is 20.7. The van der Waals surface area contributed by atoms with Gasteiger partial charge in [0.1, 0.15) is 5.75 Å². The quantitative estimate of drug-likeness (QED) is 0.669. The highest BCUT2D eigenvalue weighted by atomic mass is 16.5. The first-order chi connectivity index (χ1) is 10.4. The fraction of sp³-hybridized carbons (Fsp3) is 0.353. The van der Waals surface area contributed by atoms with Crippen molar-refractivity contribution in [3.05, 3.63) is 58.9 Å². The van der Waals surface area contributed by atoms with E-state index >= 15 is 0 Å². The topological polar surface area (TPSA) is 60.2 Å². The highest BCUT2D eigenvalue weighted by Crippen LogP contribution is 2.41. The van der Waals surface area contributed by atoms with Crippen LogP contribution in [-0.2, 0) is 12.8 Å². The summed E-state index contributed by atoms with van der Waals surface area (Å²) >= 11 is 0. The summed E-state index contributed by atoms with van der Waals surface area (Å²) in [6.07, 6.45) is 5.04. The molecule has 0 saturated heterocycles. The summed E-state index contributed by atoms with van der Waals surface area (Å²) in [4.78, 5) is 4.59. The van der Waals surface area contributed by atoms with Crippen molar-refractivity contribution in [1.29, 1.82) is 0 Å². The number of hydrogen-bond acceptors (Lipinski definition) is 4. The third-order valence-electron chi connectivity index (χ3n) is 4.66. The number of ether oxygens (including phenoxy) is 1. The number of nitrogens with two attached hydrogens (primary N) is 1. The summed E-state index contributed by atoms with van der Waals surface area (Å²) in [6, 6.07) is 10.7. The van der Waals surface area contributed by atoms with E-state index in [0.717, 1.165) is 31.6 Å². The Labute approximate surface area is 124 Å². The van der Waals surface area contributed by atoms with Crippen molar-refractivity contribution in [1.82, 2.24) is 10.4 Å². The molecule has 0 amide bonds. The Bertz CT molecular complexity index is 671. The zero-order valence-corrected chi connectivity index (χ0v) is 11.9. The van der Waals surface area contributed by atoms with Gasteiger partial charge in [0.25, 0.3) is 0 Å². The molecular weight excluding hydrogens is 262 g/mol. The predicted octanol–water partition coefficient (Wildman–Crippen LogP) is 2.25. The molecule has 1 aromatic carbocycles. The average molecular weight is 281 g/mol. The van der Waals surface area contributed by atoms with Crippen LogP contribution in [0.25, 0.3) is 0 Å². The van der Waals surface area contributed by atoms with E-state index in [0.29, 0.717) is 5.92 Å². The van der Waals surface area contributed by atoms with E-state index in [4.69, 9.17) is 10.6 Å². The van der Waals surface area contributed by atoms with Crippen LogP contribution < -0.4 is 16.0 Å². The van der Waals surface area contributed by atoms with E-state index in [-0.39, 0.29) is 6.04 Å². The number of hydrogen-bond donors (Lipinski definition) is 2. The maximum Gasteiger partial charge on any atom is 0.122 e. The van der Waals surface area contributed by atoms with Gasteiger partial charge in [0.05, 0.1) is 12.6 Å². The highest BCUT2D eigenvalue weighted by Gasteiger charge is 2.31. The van der Waals surface area contributed by atoms with Gasteiger partial charge >= 0.3 is 0 Å². The molecule has 3 N–H and O–H groups in total. The molecule has 1 aliphatic heterocycles. The summed E-state index contributed by atoms with van der Waals surface area (Å²) in [5.41, 5.74) is 8.07. The van der Waals surface area contributed by atoms with Gasteiger partial charge in [-0.15, -0.1) is 0 Å². The molecule has 2 heterocycles. The first kappa shape index (κ1) is 12.8. The van der Waals surface area contributed by atoms with Gasteiger partial charge in [0.15, 0.2) is 0 Å². The number of fused-ring (bicyclic) bond motifs is 2. The molecule has 2 aromatic rings.